The molecule has 0 bridgehead atoms. The fraction of sp³-hybridized carbons (Fsp3) is 0.389. The Labute approximate surface area is 284 Å². The van der Waals surface area contributed by atoms with Crippen LogP contribution in [0.15, 0.2) is 79.1 Å². The monoisotopic (exact) mass is 676 g/mol. The van der Waals surface area contributed by atoms with Crippen LogP contribution in [0.4, 0.5) is 8.78 Å². The van der Waals surface area contributed by atoms with Crippen LogP contribution in [0.25, 0.3) is 5.65 Å². The third-order valence-electron chi connectivity index (χ3n) is 8.89. The first-order chi connectivity index (χ1) is 23.6. The number of methoxy groups -OCH3 is 1. The predicted octanol–water partition coefficient (Wildman–Crippen LogP) is 3.47. The van der Waals surface area contributed by atoms with Crippen molar-refractivity contribution in [2.75, 3.05) is 33.8 Å². The Hall–Kier alpha value is -4.88. The van der Waals surface area contributed by atoms with Gasteiger partial charge in [-0.3, -0.25) is 14.4 Å². The molecule has 49 heavy (non-hydrogen) atoms. The topological polar surface area (TPSA) is 118 Å². The van der Waals surface area contributed by atoms with Gasteiger partial charge in [-0.1, -0.05) is 18.2 Å². The number of carbonyl (C=O) groups excluding carboxylic acids is 3. The Balaban J connectivity index is 1.45. The SMILES string of the molecule is CN[C@@H](C)C(=O)N[C@H](C(=O)N1C[C@@H](Oc2ccc(F)cc2)C[C@H]1CN(CCc1ccc(F)cc1)C(=O)c1cn2ccccc2n1)[C@@H](C)OC. The van der Waals surface area contributed by atoms with Gasteiger partial charge in [-0.15, -0.1) is 0 Å². The predicted molar refractivity (Wildman–Crippen MR) is 179 cm³/mol. The van der Waals surface area contributed by atoms with Gasteiger partial charge in [-0.25, -0.2) is 13.8 Å². The van der Waals surface area contributed by atoms with Gasteiger partial charge in [0.15, 0.2) is 0 Å². The fourth-order valence-electron chi connectivity index (χ4n) is 5.86. The van der Waals surface area contributed by atoms with Crippen molar-refractivity contribution in [2.24, 2.45) is 0 Å². The lowest BCUT2D eigenvalue weighted by molar-refractivity contribution is -0.141. The molecule has 13 heteroatoms. The minimum Gasteiger partial charge on any atom is -0.489 e. The van der Waals surface area contributed by atoms with Crippen molar-refractivity contribution in [1.29, 1.82) is 0 Å². The Morgan fingerprint density at radius 1 is 1.02 bits per heavy atom. The number of amides is 3. The second-order valence-electron chi connectivity index (χ2n) is 12.2. The van der Waals surface area contributed by atoms with Gasteiger partial charge in [0.2, 0.25) is 11.8 Å². The molecule has 5 atom stereocenters. The van der Waals surface area contributed by atoms with Crippen molar-refractivity contribution in [3.63, 3.8) is 0 Å². The first-order valence-corrected chi connectivity index (χ1v) is 16.3. The van der Waals surface area contributed by atoms with E-state index in [1.807, 2.05) is 12.1 Å². The van der Waals surface area contributed by atoms with Crippen molar-refractivity contribution < 1.29 is 32.6 Å². The molecule has 3 amide bonds. The molecule has 4 aromatic rings. The van der Waals surface area contributed by atoms with Crippen molar-refractivity contribution >= 4 is 23.4 Å². The molecule has 2 N–H and O–H groups in total. The number of imidazole rings is 1. The summed E-state index contributed by atoms with van der Waals surface area (Å²) >= 11 is 0. The fourth-order valence-corrected chi connectivity index (χ4v) is 5.86. The van der Waals surface area contributed by atoms with E-state index in [2.05, 4.69) is 15.6 Å². The third-order valence-corrected chi connectivity index (χ3v) is 8.89. The van der Waals surface area contributed by atoms with Crippen LogP contribution in [0, 0.1) is 11.6 Å². The highest BCUT2D eigenvalue weighted by atomic mass is 19.1. The lowest BCUT2D eigenvalue weighted by Crippen LogP contribution is -2.58. The zero-order valence-electron chi connectivity index (χ0n) is 28.0. The third kappa shape index (κ3) is 8.78. The van der Waals surface area contributed by atoms with E-state index in [1.54, 1.807) is 65.7 Å². The average molecular weight is 677 g/mol. The van der Waals surface area contributed by atoms with E-state index >= 15 is 0 Å². The minimum absolute atomic E-state index is 0.123. The summed E-state index contributed by atoms with van der Waals surface area (Å²) in [5.74, 6) is -1.42. The summed E-state index contributed by atoms with van der Waals surface area (Å²) in [6.07, 6.45) is 3.08. The number of halogens is 2. The molecule has 11 nitrogen and oxygen atoms in total. The lowest BCUT2D eigenvalue weighted by Gasteiger charge is -2.34. The molecule has 0 saturated carbocycles. The largest absolute Gasteiger partial charge is 0.489 e. The quantitative estimate of drug-likeness (QED) is 0.210. The highest BCUT2D eigenvalue weighted by Crippen LogP contribution is 2.26. The summed E-state index contributed by atoms with van der Waals surface area (Å²) in [6, 6.07) is 15.1. The van der Waals surface area contributed by atoms with Crippen molar-refractivity contribution in [3.05, 3.63) is 102 Å². The van der Waals surface area contributed by atoms with Crippen molar-refractivity contribution in [2.45, 2.75) is 57.0 Å². The van der Waals surface area contributed by atoms with Gasteiger partial charge in [-0.2, -0.15) is 0 Å². The molecule has 5 rings (SSSR count). The molecule has 1 aliphatic rings. The summed E-state index contributed by atoms with van der Waals surface area (Å²) in [5, 5.41) is 5.71. The molecule has 0 radical (unpaired) electrons. The highest BCUT2D eigenvalue weighted by molar-refractivity contribution is 5.93. The lowest BCUT2D eigenvalue weighted by atomic mass is 10.1. The van der Waals surface area contributed by atoms with E-state index in [0.717, 1.165) is 5.56 Å². The molecule has 1 saturated heterocycles. The first kappa shape index (κ1) is 35.4. The van der Waals surface area contributed by atoms with E-state index < -0.39 is 36.2 Å². The molecular weight excluding hydrogens is 634 g/mol. The summed E-state index contributed by atoms with van der Waals surface area (Å²) in [4.78, 5) is 49.2. The number of hydrogen-bond acceptors (Lipinski definition) is 7. The normalized spacial score (nSPS) is 17.8. The number of hydrogen-bond donors (Lipinski definition) is 2. The summed E-state index contributed by atoms with van der Waals surface area (Å²) in [7, 11) is 3.11. The molecular formula is C36H42F2N6O5. The minimum atomic E-state index is -1.03. The standard InChI is InChI=1S/C36H42F2N6O5/c1-23(39-3)34(45)41-33(24(2)48-4)36(47)44-21-30(49-29-14-12-27(38)13-15-29)19-28(44)20-43(18-16-25-8-10-26(37)11-9-25)35(46)31-22-42-17-6-5-7-32(42)40-31/h5-15,17,22-24,28,30,33,39H,16,18-21H2,1-4H3,(H,41,45)/t23-,24+,28-,30-,33-/m0/s1. The average Bonchev–Trinajstić information content (AvgIpc) is 3.73. The van der Waals surface area contributed by atoms with Gasteiger partial charge in [0, 0.05) is 39.0 Å². The highest BCUT2D eigenvalue weighted by Gasteiger charge is 2.42. The number of likely N-dealkylation sites (N-methyl/N-ethyl adjacent to an activating group) is 1. The van der Waals surface area contributed by atoms with Crippen LogP contribution in [-0.2, 0) is 20.7 Å². The molecule has 0 aliphatic carbocycles. The van der Waals surface area contributed by atoms with Gasteiger partial charge in [0.25, 0.3) is 5.91 Å². The van der Waals surface area contributed by atoms with Crippen molar-refractivity contribution in [1.82, 2.24) is 29.8 Å². The van der Waals surface area contributed by atoms with Gasteiger partial charge in [0.1, 0.15) is 40.9 Å². The number of carbonyl (C=O) groups is 3. The van der Waals surface area contributed by atoms with Crippen LogP contribution < -0.4 is 15.4 Å². The molecule has 2 aromatic heterocycles. The van der Waals surface area contributed by atoms with Gasteiger partial charge in [-0.05, 0) is 81.4 Å². The molecule has 0 unspecified atom stereocenters. The zero-order valence-corrected chi connectivity index (χ0v) is 28.0. The molecule has 3 heterocycles. The molecule has 1 fully saturated rings. The molecule has 260 valence electrons. The van der Waals surface area contributed by atoms with Gasteiger partial charge in [0.05, 0.1) is 24.7 Å². The van der Waals surface area contributed by atoms with E-state index in [1.165, 1.54) is 43.5 Å². The maximum Gasteiger partial charge on any atom is 0.274 e. The van der Waals surface area contributed by atoms with Crippen LogP contribution in [0.5, 0.6) is 5.75 Å². The van der Waals surface area contributed by atoms with E-state index in [9.17, 15) is 23.2 Å². The van der Waals surface area contributed by atoms with Crippen LogP contribution in [0.3, 0.4) is 0 Å². The number of ether oxygens (including phenoxy) is 2. The summed E-state index contributed by atoms with van der Waals surface area (Å²) < 4.78 is 40.8. The maximum atomic E-state index is 14.3. The summed E-state index contributed by atoms with van der Waals surface area (Å²) in [5.41, 5.74) is 1.68. The smallest absolute Gasteiger partial charge is 0.274 e. The second-order valence-corrected chi connectivity index (χ2v) is 12.2. The zero-order chi connectivity index (χ0) is 35.1. The number of pyridine rings is 1. The maximum absolute atomic E-state index is 14.3. The van der Waals surface area contributed by atoms with Crippen LogP contribution in [0.2, 0.25) is 0 Å². The Bertz CT molecular complexity index is 1700. The van der Waals surface area contributed by atoms with Crippen molar-refractivity contribution in [3.8, 4) is 5.75 Å². The van der Waals surface area contributed by atoms with E-state index in [0.29, 0.717) is 24.2 Å². The Morgan fingerprint density at radius 3 is 2.37 bits per heavy atom. The van der Waals surface area contributed by atoms with Crippen LogP contribution in [-0.4, -0.2) is 101 Å². The Morgan fingerprint density at radius 2 is 1.71 bits per heavy atom. The van der Waals surface area contributed by atoms with Crippen LogP contribution in [0.1, 0.15) is 36.3 Å². The van der Waals surface area contributed by atoms with Gasteiger partial charge < -0.3 is 34.3 Å². The second kappa shape index (κ2) is 16.0. The molecule has 0 spiro atoms. The number of aromatic nitrogens is 2. The number of nitrogens with zero attached hydrogens (tertiary/aromatic N) is 4. The van der Waals surface area contributed by atoms with Gasteiger partial charge >= 0.3 is 0 Å². The number of fused-ring (bicyclic) bond motifs is 1. The first-order valence-electron chi connectivity index (χ1n) is 16.3. The Kier molecular flexibility index (Phi) is 11.6. The number of rotatable bonds is 14. The van der Waals surface area contributed by atoms with E-state index in [-0.39, 0.29) is 48.9 Å². The van der Waals surface area contributed by atoms with Crippen LogP contribution >= 0.6 is 0 Å². The molecule has 2 aromatic carbocycles. The van der Waals surface area contributed by atoms with E-state index in [4.69, 9.17) is 9.47 Å². The molecule has 1 aliphatic heterocycles. The number of likely N-dealkylation sites (tertiary alicyclic amines) is 1. The number of benzene rings is 2. The number of nitrogens with one attached hydrogen (secondary N) is 2. The summed E-state index contributed by atoms with van der Waals surface area (Å²) in [6.45, 7) is 3.92.